The van der Waals surface area contributed by atoms with Crippen LogP contribution in [0.4, 0.5) is 10.2 Å². The third kappa shape index (κ3) is 4.92. The summed E-state index contributed by atoms with van der Waals surface area (Å²) in [6.07, 6.45) is 7.73. The van der Waals surface area contributed by atoms with E-state index in [-0.39, 0.29) is 17.5 Å². The molecule has 2 heterocycles. The Morgan fingerprint density at radius 2 is 1.81 bits per heavy atom. The monoisotopic (exact) mass is 361 g/mol. The van der Waals surface area contributed by atoms with E-state index in [0.717, 1.165) is 16.7 Å². The van der Waals surface area contributed by atoms with Crippen LogP contribution >= 0.6 is 0 Å². The maximum absolute atomic E-state index is 12.9. The smallest absolute Gasteiger partial charge is 0.222 e. The zero-order chi connectivity index (χ0) is 19.2. The van der Waals surface area contributed by atoms with Crippen LogP contribution in [0.25, 0.3) is 17.2 Å². The first-order chi connectivity index (χ1) is 13.0. The molecule has 27 heavy (non-hydrogen) atoms. The minimum absolute atomic E-state index is 0.215. The van der Waals surface area contributed by atoms with Gasteiger partial charge in [0, 0.05) is 36.6 Å². The van der Waals surface area contributed by atoms with Crippen LogP contribution < -0.4 is 5.32 Å². The van der Waals surface area contributed by atoms with E-state index in [4.69, 9.17) is 0 Å². The van der Waals surface area contributed by atoms with Crippen LogP contribution in [0.3, 0.4) is 0 Å². The molecule has 0 aliphatic heterocycles. The Morgan fingerprint density at radius 3 is 2.56 bits per heavy atom. The van der Waals surface area contributed by atoms with Gasteiger partial charge < -0.3 is 5.32 Å². The van der Waals surface area contributed by atoms with Crippen LogP contribution in [-0.2, 0) is 4.79 Å². The molecule has 3 rings (SSSR count). The number of hydrogen-bond donors (Lipinski definition) is 1. The van der Waals surface area contributed by atoms with E-state index in [1.54, 1.807) is 48.8 Å². The Bertz CT molecular complexity index is 1010. The Balaban J connectivity index is 1.81. The number of nitrogens with one attached hydrogen (secondary N) is 1. The maximum atomic E-state index is 12.9. The van der Waals surface area contributed by atoms with Gasteiger partial charge in [-0.05, 0) is 47.5 Å². The van der Waals surface area contributed by atoms with Crippen molar-refractivity contribution in [2.75, 3.05) is 5.32 Å². The van der Waals surface area contributed by atoms with Gasteiger partial charge in [-0.2, -0.15) is 0 Å². The summed E-state index contributed by atoms with van der Waals surface area (Å²) < 4.78 is 12.9. The Kier molecular flexibility index (Phi) is 5.47. The van der Waals surface area contributed by atoms with Gasteiger partial charge in [0.15, 0.2) is 5.78 Å². The van der Waals surface area contributed by atoms with Crippen LogP contribution in [0.1, 0.15) is 22.8 Å². The molecule has 0 saturated heterocycles. The molecule has 1 N–H and O–H groups in total. The lowest BCUT2D eigenvalue weighted by Gasteiger charge is -2.06. The van der Waals surface area contributed by atoms with Crippen LogP contribution in [-0.4, -0.2) is 21.7 Å². The first kappa shape index (κ1) is 18.1. The molecule has 0 radical (unpaired) electrons. The molecule has 0 fully saturated rings. The molecule has 0 aliphatic carbocycles. The first-order valence-corrected chi connectivity index (χ1v) is 8.18. The summed E-state index contributed by atoms with van der Waals surface area (Å²) in [4.78, 5) is 31.8. The van der Waals surface area contributed by atoms with Gasteiger partial charge in [-0.1, -0.05) is 18.2 Å². The molecule has 0 atom stereocenters. The molecular formula is C21H16FN3O2. The number of aromatic nitrogens is 2. The second kappa shape index (κ2) is 8.14. The van der Waals surface area contributed by atoms with Gasteiger partial charge in [0.05, 0.1) is 0 Å². The van der Waals surface area contributed by atoms with E-state index in [0.29, 0.717) is 11.4 Å². The Hall–Kier alpha value is -3.67. The number of pyridine rings is 2. The number of allylic oxidation sites excluding steroid dienone is 1. The molecule has 5 nitrogen and oxygen atoms in total. The van der Waals surface area contributed by atoms with Gasteiger partial charge in [0.1, 0.15) is 11.6 Å². The minimum Gasteiger partial charge on any atom is -0.311 e. The summed E-state index contributed by atoms with van der Waals surface area (Å²) in [5.41, 5.74) is 2.65. The van der Waals surface area contributed by atoms with Gasteiger partial charge in [0.25, 0.3) is 0 Å². The van der Waals surface area contributed by atoms with Gasteiger partial charge in [-0.15, -0.1) is 0 Å². The van der Waals surface area contributed by atoms with Crippen molar-refractivity contribution in [2.45, 2.75) is 6.92 Å². The van der Waals surface area contributed by atoms with Crippen molar-refractivity contribution in [3.05, 3.63) is 84.1 Å². The molecule has 3 aromatic rings. The zero-order valence-corrected chi connectivity index (χ0v) is 14.5. The zero-order valence-electron chi connectivity index (χ0n) is 14.5. The van der Waals surface area contributed by atoms with Gasteiger partial charge in [-0.3, -0.25) is 14.6 Å². The highest BCUT2D eigenvalue weighted by Gasteiger charge is 2.07. The van der Waals surface area contributed by atoms with Gasteiger partial charge in [-0.25, -0.2) is 9.37 Å². The SMILES string of the molecule is CC(=O)Nc1cc(-c2cncc(C(=O)C=Cc3ccc(F)cc3)c2)ccn1. The summed E-state index contributed by atoms with van der Waals surface area (Å²) in [6.45, 7) is 1.41. The number of benzene rings is 1. The molecular weight excluding hydrogens is 345 g/mol. The van der Waals surface area contributed by atoms with Crippen molar-refractivity contribution in [2.24, 2.45) is 0 Å². The first-order valence-electron chi connectivity index (χ1n) is 8.18. The molecule has 0 aliphatic rings. The fourth-order valence-electron chi connectivity index (χ4n) is 2.43. The Labute approximate surface area is 155 Å². The second-order valence-electron chi connectivity index (χ2n) is 5.82. The number of amides is 1. The quantitative estimate of drug-likeness (QED) is 0.548. The third-order valence-corrected chi connectivity index (χ3v) is 3.72. The molecule has 6 heteroatoms. The van der Waals surface area contributed by atoms with E-state index in [9.17, 15) is 14.0 Å². The predicted octanol–water partition coefficient (Wildman–Crippen LogP) is 4.14. The maximum Gasteiger partial charge on any atom is 0.222 e. The van der Waals surface area contributed by atoms with Crippen LogP contribution in [0.2, 0.25) is 0 Å². The normalized spacial score (nSPS) is 10.7. The van der Waals surface area contributed by atoms with Crippen molar-refractivity contribution >= 4 is 23.6 Å². The van der Waals surface area contributed by atoms with Crippen LogP contribution in [0.15, 0.2) is 67.1 Å². The molecule has 134 valence electrons. The fourth-order valence-corrected chi connectivity index (χ4v) is 2.43. The van der Waals surface area contributed by atoms with E-state index < -0.39 is 0 Å². The van der Waals surface area contributed by atoms with E-state index in [1.807, 2.05) is 0 Å². The van der Waals surface area contributed by atoms with Crippen molar-refractivity contribution in [1.29, 1.82) is 0 Å². The molecule has 0 spiro atoms. The third-order valence-electron chi connectivity index (χ3n) is 3.72. The van der Waals surface area contributed by atoms with Crippen molar-refractivity contribution in [1.82, 2.24) is 9.97 Å². The number of carbonyl (C=O) groups excluding carboxylic acids is 2. The highest BCUT2D eigenvalue weighted by atomic mass is 19.1. The summed E-state index contributed by atoms with van der Waals surface area (Å²) in [7, 11) is 0. The number of anilines is 1. The van der Waals surface area contributed by atoms with Crippen molar-refractivity contribution in [3.63, 3.8) is 0 Å². The predicted molar refractivity (Wildman–Crippen MR) is 102 cm³/mol. The molecule has 0 saturated carbocycles. The van der Waals surface area contributed by atoms with E-state index in [1.165, 1.54) is 31.3 Å². The number of nitrogens with zero attached hydrogens (tertiary/aromatic N) is 2. The average Bonchev–Trinajstić information content (AvgIpc) is 2.67. The minimum atomic E-state index is -0.327. The van der Waals surface area contributed by atoms with Gasteiger partial charge >= 0.3 is 0 Å². The molecule has 0 unspecified atom stereocenters. The molecule has 2 aromatic heterocycles. The topological polar surface area (TPSA) is 72.0 Å². The summed E-state index contributed by atoms with van der Waals surface area (Å²) in [6, 6.07) is 11.1. The lowest BCUT2D eigenvalue weighted by Crippen LogP contribution is -2.07. The largest absolute Gasteiger partial charge is 0.311 e. The molecule has 1 aromatic carbocycles. The number of ketones is 1. The summed E-state index contributed by atoms with van der Waals surface area (Å²) >= 11 is 0. The number of halogens is 1. The van der Waals surface area contributed by atoms with Gasteiger partial charge in [0.2, 0.25) is 5.91 Å². The molecule has 0 bridgehead atoms. The second-order valence-corrected chi connectivity index (χ2v) is 5.82. The van der Waals surface area contributed by atoms with Crippen LogP contribution in [0, 0.1) is 5.82 Å². The number of rotatable bonds is 5. The number of carbonyl (C=O) groups is 2. The van der Waals surface area contributed by atoms with E-state index in [2.05, 4.69) is 15.3 Å². The average molecular weight is 361 g/mol. The Morgan fingerprint density at radius 1 is 1.04 bits per heavy atom. The summed E-state index contributed by atoms with van der Waals surface area (Å²) in [5.74, 6) is -0.336. The summed E-state index contributed by atoms with van der Waals surface area (Å²) in [5, 5.41) is 2.62. The highest BCUT2D eigenvalue weighted by Crippen LogP contribution is 2.22. The van der Waals surface area contributed by atoms with Crippen LogP contribution in [0.5, 0.6) is 0 Å². The highest BCUT2D eigenvalue weighted by molar-refractivity contribution is 6.07. The molecule has 1 amide bonds. The fraction of sp³-hybridized carbons (Fsp3) is 0.0476. The lowest BCUT2D eigenvalue weighted by molar-refractivity contribution is -0.114. The standard InChI is InChI=1S/C21H16FN3O2/c1-14(26)25-21-11-16(8-9-24-21)17-10-18(13-23-12-17)20(27)7-4-15-2-5-19(22)6-3-15/h2-13H,1H3,(H,24,25,26). The van der Waals surface area contributed by atoms with Crippen molar-refractivity contribution < 1.29 is 14.0 Å². The van der Waals surface area contributed by atoms with E-state index >= 15 is 0 Å². The van der Waals surface area contributed by atoms with Crippen molar-refractivity contribution in [3.8, 4) is 11.1 Å². The lowest BCUT2D eigenvalue weighted by atomic mass is 10.0. The number of hydrogen-bond acceptors (Lipinski definition) is 4.